The third-order valence-corrected chi connectivity index (χ3v) is 7.57. The van der Waals surface area contributed by atoms with E-state index in [-0.39, 0.29) is 11.9 Å². The van der Waals surface area contributed by atoms with Gasteiger partial charge in [0.25, 0.3) is 5.91 Å². The summed E-state index contributed by atoms with van der Waals surface area (Å²) in [7, 11) is 0. The molecule has 1 N–H and O–H groups in total. The van der Waals surface area contributed by atoms with Gasteiger partial charge in [-0.25, -0.2) is 20.3 Å². The van der Waals surface area contributed by atoms with E-state index in [9.17, 15) is 4.79 Å². The van der Waals surface area contributed by atoms with Gasteiger partial charge in [0.1, 0.15) is 0 Å². The lowest BCUT2D eigenvalue weighted by Crippen LogP contribution is -2.54. The first kappa shape index (κ1) is 27.9. The molecule has 5 rings (SSSR count). The summed E-state index contributed by atoms with van der Waals surface area (Å²) in [4.78, 5) is 33.9. The Balaban J connectivity index is 1.15. The van der Waals surface area contributed by atoms with E-state index in [2.05, 4.69) is 42.3 Å². The van der Waals surface area contributed by atoms with Crippen LogP contribution < -0.4 is 10.4 Å². The molecule has 4 heterocycles. The van der Waals surface area contributed by atoms with Crippen LogP contribution in [0, 0.1) is 0 Å². The number of carbonyl (C=O) groups is 1. The highest BCUT2D eigenvalue weighted by atomic mass is 35.5. The molecule has 39 heavy (non-hydrogen) atoms. The molecule has 3 aliphatic heterocycles. The highest BCUT2D eigenvalue weighted by molar-refractivity contribution is 6.30. The van der Waals surface area contributed by atoms with Crippen molar-refractivity contribution < 1.29 is 19.1 Å². The molecule has 2 atom stereocenters. The molecule has 0 bridgehead atoms. The number of piperazine rings is 1. The van der Waals surface area contributed by atoms with E-state index in [0.717, 1.165) is 88.9 Å². The smallest absolute Gasteiger partial charge is 0.278 e. The number of rotatable bonds is 9. The normalized spacial score (nSPS) is 22.2. The Morgan fingerprint density at radius 2 is 1.79 bits per heavy atom. The van der Waals surface area contributed by atoms with Crippen molar-refractivity contribution in [2.45, 2.75) is 31.6 Å². The number of aromatic nitrogens is 2. The fourth-order valence-electron chi connectivity index (χ4n) is 4.98. The van der Waals surface area contributed by atoms with Gasteiger partial charge in [0, 0.05) is 82.3 Å². The topological polar surface area (TPSA) is 92.3 Å². The van der Waals surface area contributed by atoms with Gasteiger partial charge in [-0.05, 0) is 30.5 Å². The first-order chi connectivity index (χ1) is 19.1. The van der Waals surface area contributed by atoms with E-state index in [0.29, 0.717) is 18.1 Å². The van der Waals surface area contributed by atoms with Gasteiger partial charge >= 0.3 is 0 Å². The molecule has 0 saturated carbocycles. The minimum atomic E-state index is -0.396. The number of morpholine rings is 1. The molecule has 2 unspecified atom stereocenters. The number of nitrogens with zero attached hydrogens (tertiary/aromatic N) is 5. The fraction of sp³-hybridized carbons (Fsp3) is 0.536. The van der Waals surface area contributed by atoms with E-state index >= 15 is 0 Å². The lowest BCUT2D eigenvalue weighted by atomic mass is 10.1. The number of hydrogen-bond acceptors (Lipinski definition) is 9. The Labute approximate surface area is 234 Å². The van der Waals surface area contributed by atoms with Gasteiger partial charge in [0.2, 0.25) is 5.95 Å². The van der Waals surface area contributed by atoms with Gasteiger partial charge in [-0.1, -0.05) is 35.9 Å². The average molecular weight is 557 g/mol. The highest BCUT2D eigenvalue weighted by Gasteiger charge is 2.26. The molecule has 1 amide bonds. The molecule has 2 aromatic rings. The quantitative estimate of drug-likeness (QED) is 0.468. The maximum Gasteiger partial charge on any atom is 0.278 e. The molecule has 3 saturated heterocycles. The summed E-state index contributed by atoms with van der Waals surface area (Å²) in [5, 5.41) is 0.742. The number of halogens is 1. The lowest BCUT2D eigenvalue weighted by molar-refractivity contribution is -0.186. The predicted molar refractivity (Wildman–Crippen MR) is 149 cm³/mol. The zero-order valence-corrected chi connectivity index (χ0v) is 23.0. The van der Waals surface area contributed by atoms with Crippen LogP contribution in [0.1, 0.15) is 35.2 Å². The minimum absolute atomic E-state index is 0.279. The average Bonchev–Trinajstić information content (AvgIpc) is 3.00. The van der Waals surface area contributed by atoms with Crippen molar-refractivity contribution in [3.63, 3.8) is 0 Å². The second-order valence-electron chi connectivity index (χ2n) is 10.0. The molecule has 210 valence electrons. The van der Waals surface area contributed by atoms with Gasteiger partial charge in [-0.15, -0.1) is 0 Å². The Kier molecular flexibility index (Phi) is 10.1. The molecule has 0 radical (unpaired) electrons. The minimum Gasteiger partial charge on any atom is -0.379 e. The van der Waals surface area contributed by atoms with Crippen LogP contribution in [0.3, 0.4) is 0 Å². The van der Waals surface area contributed by atoms with Gasteiger partial charge in [0.05, 0.1) is 18.8 Å². The maximum atomic E-state index is 12.4. The Bertz CT molecular complexity index is 1070. The number of anilines is 1. The molecule has 3 aliphatic rings. The van der Waals surface area contributed by atoms with Crippen LogP contribution in [0.15, 0.2) is 42.7 Å². The number of nitrogens with one attached hydrogen (secondary N) is 1. The van der Waals surface area contributed by atoms with E-state index in [1.54, 1.807) is 12.4 Å². The van der Waals surface area contributed by atoms with Crippen LogP contribution in [0.2, 0.25) is 5.02 Å². The predicted octanol–water partition coefficient (Wildman–Crippen LogP) is 2.85. The van der Waals surface area contributed by atoms with E-state index in [4.69, 9.17) is 25.9 Å². The second-order valence-corrected chi connectivity index (χ2v) is 10.5. The summed E-state index contributed by atoms with van der Waals surface area (Å²) in [6, 6.07) is 8.20. The molecule has 0 spiro atoms. The van der Waals surface area contributed by atoms with Crippen LogP contribution in [0.25, 0.3) is 6.08 Å². The number of ether oxygens (including phenoxy) is 2. The molecule has 1 aromatic heterocycles. The van der Waals surface area contributed by atoms with Crippen LogP contribution in [-0.4, -0.2) is 104 Å². The molecule has 10 nitrogen and oxygen atoms in total. The van der Waals surface area contributed by atoms with Gasteiger partial charge in [0.15, 0.2) is 6.29 Å². The van der Waals surface area contributed by atoms with E-state index in [1.807, 2.05) is 24.3 Å². The first-order valence-electron chi connectivity index (χ1n) is 13.8. The van der Waals surface area contributed by atoms with Gasteiger partial charge in [-0.3, -0.25) is 14.6 Å². The maximum absolute atomic E-state index is 12.4. The van der Waals surface area contributed by atoms with Crippen LogP contribution in [0.5, 0.6) is 0 Å². The van der Waals surface area contributed by atoms with Crippen LogP contribution in [-0.2, 0) is 14.3 Å². The SMILES string of the molecule is O=C(NOC1CCCCO1)c1cnc(N2CCN(C(C=Cc3ccc(Cl)cc3)CN3CCOCC3)CC2)nc1. The summed E-state index contributed by atoms with van der Waals surface area (Å²) in [6.07, 6.45) is 10.0. The number of benzene rings is 1. The van der Waals surface area contributed by atoms with Crippen LogP contribution in [0.4, 0.5) is 5.95 Å². The Hall–Kier alpha value is -2.60. The first-order valence-corrected chi connectivity index (χ1v) is 14.1. The monoisotopic (exact) mass is 556 g/mol. The highest BCUT2D eigenvalue weighted by Crippen LogP contribution is 2.17. The van der Waals surface area contributed by atoms with E-state index in [1.165, 1.54) is 0 Å². The van der Waals surface area contributed by atoms with Crippen molar-refractivity contribution in [2.75, 3.05) is 70.5 Å². The number of carbonyl (C=O) groups excluding carboxylic acids is 1. The lowest BCUT2D eigenvalue weighted by Gasteiger charge is -2.40. The largest absolute Gasteiger partial charge is 0.379 e. The Morgan fingerprint density at radius 3 is 2.49 bits per heavy atom. The summed E-state index contributed by atoms with van der Waals surface area (Å²) in [5.41, 5.74) is 3.95. The zero-order valence-electron chi connectivity index (χ0n) is 22.2. The molecule has 3 fully saturated rings. The second kappa shape index (κ2) is 14.2. The summed E-state index contributed by atoms with van der Waals surface area (Å²) >= 11 is 6.06. The zero-order chi connectivity index (χ0) is 26.9. The fourth-order valence-corrected chi connectivity index (χ4v) is 5.11. The standard InChI is InChI=1S/C28H37ClN6O4/c29-24-7-4-22(5-8-24)6-9-25(21-33-14-17-37-18-15-33)34-10-12-35(13-11-34)28-30-19-23(20-31-28)27(36)32-39-26-3-1-2-16-38-26/h4-9,19-20,25-26H,1-3,10-18,21H2,(H,32,36). The van der Waals surface area contributed by atoms with Crippen molar-refractivity contribution in [2.24, 2.45) is 0 Å². The van der Waals surface area contributed by atoms with Crippen molar-refractivity contribution in [3.05, 3.63) is 58.9 Å². The number of amides is 1. The summed E-state index contributed by atoms with van der Waals surface area (Å²) in [5.74, 6) is 0.253. The van der Waals surface area contributed by atoms with Crippen LogP contribution >= 0.6 is 11.6 Å². The van der Waals surface area contributed by atoms with Gasteiger partial charge < -0.3 is 14.4 Å². The van der Waals surface area contributed by atoms with Crippen molar-refractivity contribution in [1.82, 2.24) is 25.2 Å². The third kappa shape index (κ3) is 8.20. The number of hydrogen-bond donors (Lipinski definition) is 1. The molecule has 11 heteroatoms. The van der Waals surface area contributed by atoms with Crippen molar-refractivity contribution >= 4 is 29.5 Å². The van der Waals surface area contributed by atoms with E-state index < -0.39 is 6.29 Å². The molecular weight excluding hydrogens is 520 g/mol. The summed E-state index contributed by atoms with van der Waals surface area (Å²) in [6.45, 7) is 8.49. The Morgan fingerprint density at radius 1 is 1.05 bits per heavy atom. The third-order valence-electron chi connectivity index (χ3n) is 7.32. The molecule has 1 aromatic carbocycles. The molecule has 0 aliphatic carbocycles. The number of hydroxylamine groups is 1. The van der Waals surface area contributed by atoms with Gasteiger partial charge in [-0.2, -0.15) is 0 Å². The van der Waals surface area contributed by atoms with Crippen molar-refractivity contribution in [3.8, 4) is 0 Å². The summed E-state index contributed by atoms with van der Waals surface area (Å²) < 4.78 is 11.0. The van der Waals surface area contributed by atoms with Crippen molar-refractivity contribution in [1.29, 1.82) is 0 Å². The molecular formula is C28H37ClN6O4.